The third kappa shape index (κ3) is 0.956. The molecule has 2 aromatic heterocycles. The van der Waals surface area contributed by atoms with Gasteiger partial charge in [0.1, 0.15) is 17.2 Å². The van der Waals surface area contributed by atoms with Crippen LogP contribution in [0.3, 0.4) is 0 Å². The van der Waals surface area contributed by atoms with Gasteiger partial charge in [-0.05, 0) is 0 Å². The molecule has 0 amide bonds. The van der Waals surface area contributed by atoms with Gasteiger partial charge in [0.15, 0.2) is 5.65 Å². The second kappa shape index (κ2) is 2.71. The molecule has 0 bridgehead atoms. The van der Waals surface area contributed by atoms with E-state index in [0.717, 1.165) is 12.2 Å². The van der Waals surface area contributed by atoms with Crippen molar-refractivity contribution in [3.05, 3.63) is 23.4 Å². The molecule has 0 aliphatic carbocycles. The summed E-state index contributed by atoms with van der Waals surface area (Å²) in [5.41, 5.74) is 0.670. The van der Waals surface area contributed by atoms with Gasteiger partial charge >= 0.3 is 0 Å². The number of fused-ring (bicyclic) bond motifs is 1. The average molecular weight is 183 g/mol. The summed E-state index contributed by atoms with van der Waals surface area (Å²) in [6.45, 7) is 2.01. The standard InChI is InChI=1S/C7H7ClN4/c1-2-6-10-11-7-5(8)3-9-4-12(6)7/h3-4H,2H2,1H3. The number of halogens is 1. The number of aryl methyl sites for hydroxylation is 1. The normalized spacial score (nSPS) is 10.8. The van der Waals surface area contributed by atoms with Gasteiger partial charge in [0.05, 0.1) is 6.20 Å². The highest BCUT2D eigenvalue weighted by atomic mass is 35.5. The molecule has 0 saturated carbocycles. The van der Waals surface area contributed by atoms with Crippen molar-refractivity contribution in [2.45, 2.75) is 13.3 Å². The molecule has 0 aromatic carbocycles. The summed E-state index contributed by atoms with van der Waals surface area (Å²) in [7, 11) is 0. The Morgan fingerprint density at radius 2 is 2.33 bits per heavy atom. The topological polar surface area (TPSA) is 43.1 Å². The molecule has 0 saturated heterocycles. The summed E-state index contributed by atoms with van der Waals surface area (Å²) in [6, 6.07) is 0. The van der Waals surface area contributed by atoms with E-state index in [4.69, 9.17) is 11.6 Å². The van der Waals surface area contributed by atoms with Gasteiger partial charge in [0.25, 0.3) is 0 Å². The van der Waals surface area contributed by atoms with Crippen molar-refractivity contribution in [1.82, 2.24) is 19.6 Å². The molecule has 0 aliphatic rings. The fourth-order valence-corrected chi connectivity index (χ4v) is 1.26. The smallest absolute Gasteiger partial charge is 0.182 e. The summed E-state index contributed by atoms with van der Waals surface area (Å²) in [5, 5.41) is 8.43. The monoisotopic (exact) mass is 182 g/mol. The summed E-state index contributed by atoms with van der Waals surface area (Å²) in [5.74, 6) is 0.875. The van der Waals surface area contributed by atoms with Crippen LogP contribution in [0.15, 0.2) is 12.5 Å². The van der Waals surface area contributed by atoms with Crippen LogP contribution >= 0.6 is 11.6 Å². The van der Waals surface area contributed by atoms with Crippen molar-refractivity contribution in [3.63, 3.8) is 0 Å². The molecule has 0 N–H and O–H groups in total. The Balaban J connectivity index is 2.80. The van der Waals surface area contributed by atoms with Crippen LogP contribution in [0, 0.1) is 0 Å². The summed E-state index contributed by atoms with van der Waals surface area (Å²) < 4.78 is 1.79. The zero-order chi connectivity index (χ0) is 8.55. The lowest BCUT2D eigenvalue weighted by Crippen LogP contribution is -1.93. The van der Waals surface area contributed by atoms with E-state index in [1.54, 1.807) is 16.9 Å². The lowest BCUT2D eigenvalue weighted by atomic mass is 10.4. The van der Waals surface area contributed by atoms with Crippen LogP contribution in [-0.2, 0) is 6.42 Å². The van der Waals surface area contributed by atoms with Gasteiger partial charge in [-0.1, -0.05) is 18.5 Å². The molecule has 12 heavy (non-hydrogen) atoms. The van der Waals surface area contributed by atoms with Gasteiger partial charge in [-0.3, -0.25) is 4.40 Å². The van der Waals surface area contributed by atoms with Crippen LogP contribution in [0.4, 0.5) is 0 Å². The Kier molecular flexibility index (Phi) is 1.69. The zero-order valence-corrected chi connectivity index (χ0v) is 7.28. The molecule has 0 unspecified atom stereocenters. The van der Waals surface area contributed by atoms with Crippen LogP contribution in [0.2, 0.25) is 5.02 Å². The molecule has 2 rings (SSSR count). The highest BCUT2D eigenvalue weighted by molar-refractivity contribution is 6.33. The summed E-state index contributed by atoms with van der Waals surface area (Å²) >= 11 is 5.84. The molecule has 0 fully saturated rings. The van der Waals surface area contributed by atoms with Crippen LogP contribution in [-0.4, -0.2) is 19.6 Å². The van der Waals surface area contributed by atoms with Gasteiger partial charge in [0, 0.05) is 6.42 Å². The maximum absolute atomic E-state index is 5.84. The van der Waals surface area contributed by atoms with Crippen molar-refractivity contribution in [1.29, 1.82) is 0 Å². The molecule has 2 aromatic rings. The number of aromatic nitrogens is 4. The first-order chi connectivity index (χ1) is 5.83. The molecule has 5 heteroatoms. The molecule has 0 atom stereocenters. The van der Waals surface area contributed by atoms with Crippen LogP contribution in [0.25, 0.3) is 5.65 Å². The fourth-order valence-electron chi connectivity index (χ4n) is 1.07. The molecule has 4 nitrogen and oxygen atoms in total. The van der Waals surface area contributed by atoms with Crippen molar-refractivity contribution < 1.29 is 0 Å². The molecule has 0 aliphatic heterocycles. The second-order valence-electron chi connectivity index (χ2n) is 2.40. The zero-order valence-electron chi connectivity index (χ0n) is 6.53. The van der Waals surface area contributed by atoms with Crippen molar-refractivity contribution in [3.8, 4) is 0 Å². The van der Waals surface area contributed by atoms with E-state index in [1.165, 1.54) is 0 Å². The van der Waals surface area contributed by atoms with Gasteiger partial charge in [0.2, 0.25) is 0 Å². The largest absolute Gasteiger partial charge is 0.268 e. The molecular formula is C7H7ClN4. The minimum atomic E-state index is 0.532. The first-order valence-corrected chi connectivity index (χ1v) is 4.04. The highest BCUT2D eigenvalue weighted by Gasteiger charge is 2.05. The van der Waals surface area contributed by atoms with Crippen molar-refractivity contribution in [2.75, 3.05) is 0 Å². The fraction of sp³-hybridized carbons (Fsp3) is 0.286. The Hall–Kier alpha value is -1.16. The Bertz CT molecular complexity index is 409. The van der Waals surface area contributed by atoms with Gasteiger partial charge in [-0.25, -0.2) is 4.98 Å². The SMILES string of the molecule is CCc1nnc2c(Cl)cncn12. The quantitative estimate of drug-likeness (QED) is 0.669. The highest BCUT2D eigenvalue weighted by Crippen LogP contribution is 2.13. The Labute approximate surface area is 74.2 Å². The maximum atomic E-state index is 5.84. The van der Waals surface area contributed by atoms with Crippen LogP contribution in [0.1, 0.15) is 12.7 Å². The van der Waals surface area contributed by atoms with E-state index in [2.05, 4.69) is 15.2 Å². The number of hydrogen-bond acceptors (Lipinski definition) is 3. The van der Waals surface area contributed by atoms with E-state index in [9.17, 15) is 0 Å². The van der Waals surface area contributed by atoms with Crippen molar-refractivity contribution >= 4 is 17.2 Å². The van der Waals surface area contributed by atoms with Crippen LogP contribution < -0.4 is 0 Å². The van der Waals surface area contributed by atoms with E-state index in [-0.39, 0.29) is 0 Å². The minimum Gasteiger partial charge on any atom is -0.268 e. The first kappa shape index (κ1) is 7.49. The second-order valence-corrected chi connectivity index (χ2v) is 2.81. The number of nitrogens with zero attached hydrogens (tertiary/aromatic N) is 4. The van der Waals surface area contributed by atoms with Crippen LogP contribution in [0.5, 0.6) is 0 Å². The Morgan fingerprint density at radius 3 is 3.08 bits per heavy atom. The van der Waals surface area contributed by atoms with Crippen molar-refractivity contribution in [2.24, 2.45) is 0 Å². The lowest BCUT2D eigenvalue weighted by Gasteiger charge is -1.94. The number of rotatable bonds is 1. The molecule has 62 valence electrons. The molecular weight excluding hydrogens is 176 g/mol. The first-order valence-electron chi connectivity index (χ1n) is 3.66. The number of hydrogen-bond donors (Lipinski definition) is 0. The predicted molar refractivity (Wildman–Crippen MR) is 45.2 cm³/mol. The van der Waals surface area contributed by atoms with Gasteiger partial charge in [-0.15, -0.1) is 10.2 Å². The minimum absolute atomic E-state index is 0.532. The van der Waals surface area contributed by atoms with E-state index < -0.39 is 0 Å². The predicted octanol–water partition coefficient (Wildman–Crippen LogP) is 1.34. The Morgan fingerprint density at radius 1 is 1.50 bits per heavy atom. The lowest BCUT2D eigenvalue weighted by molar-refractivity contribution is 0.896. The molecule has 2 heterocycles. The maximum Gasteiger partial charge on any atom is 0.182 e. The summed E-state index contributed by atoms with van der Waals surface area (Å²) in [4.78, 5) is 3.94. The molecule has 0 spiro atoms. The van der Waals surface area contributed by atoms with E-state index in [1.807, 2.05) is 6.92 Å². The van der Waals surface area contributed by atoms with Gasteiger partial charge in [-0.2, -0.15) is 0 Å². The average Bonchev–Trinajstić information content (AvgIpc) is 2.49. The third-order valence-electron chi connectivity index (χ3n) is 1.67. The van der Waals surface area contributed by atoms with E-state index >= 15 is 0 Å². The third-order valence-corrected chi connectivity index (χ3v) is 1.93. The molecule has 0 radical (unpaired) electrons. The summed E-state index contributed by atoms with van der Waals surface area (Å²) in [6.07, 6.45) is 4.05. The van der Waals surface area contributed by atoms with E-state index in [0.29, 0.717) is 10.7 Å². The van der Waals surface area contributed by atoms with Gasteiger partial charge < -0.3 is 0 Å².